The summed E-state index contributed by atoms with van der Waals surface area (Å²) in [5.41, 5.74) is 15.4. The minimum atomic E-state index is -0.0817. The van der Waals surface area contributed by atoms with Crippen molar-refractivity contribution in [3.8, 4) is 55.6 Å². The molecule has 0 aromatic heterocycles. The van der Waals surface area contributed by atoms with Crippen LogP contribution in [-0.2, 0) is 5.41 Å². The van der Waals surface area contributed by atoms with Crippen LogP contribution in [0.15, 0.2) is 182 Å². The quantitative estimate of drug-likeness (QED) is 0.167. The fourth-order valence-corrected chi connectivity index (χ4v) is 8.78. The van der Waals surface area contributed by atoms with Crippen LogP contribution in [0, 0.1) is 0 Å². The van der Waals surface area contributed by atoms with E-state index in [-0.39, 0.29) is 5.41 Å². The molecule has 1 aliphatic rings. The first-order chi connectivity index (χ1) is 25.1. The van der Waals surface area contributed by atoms with Crippen LogP contribution in [0.3, 0.4) is 0 Å². The van der Waals surface area contributed by atoms with E-state index in [0.29, 0.717) is 0 Å². The standard InChI is InChI=1S/C51H36/c1-51(2)46-24-11-10-22-43(46)50-44(23-13-25-47(50)51)49-41-21-9-8-20-40(41)48(39-19-12-18-36(31-39)33-14-4-3-5-15-33)42-29-28-38(32-45(42)49)37-27-26-34-16-6-7-17-35(34)30-37/h3-32H,1-2H3. The summed E-state index contributed by atoms with van der Waals surface area (Å²) < 4.78 is 0. The Kier molecular flexibility index (Phi) is 6.63. The molecule has 0 radical (unpaired) electrons. The smallest absolute Gasteiger partial charge is 0.0159 e. The fraction of sp³-hybridized carbons (Fsp3) is 0.0588. The summed E-state index contributed by atoms with van der Waals surface area (Å²) in [5.74, 6) is 0. The SMILES string of the molecule is CC1(C)c2ccccc2-c2c(-c3c4ccccc4c(-c4cccc(-c5ccccc5)c4)c4ccc(-c5ccc6ccccc6c5)cc34)cccc21. The number of fused-ring (bicyclic) bond motifs is 6. The van der Waals surface area contributed by atoms with E-state index >= 15 is 0 Å². The Bertz CT molecular complexity index is 2820. The molecule has 0 spiro atoms. The third kappa shape index (κ3) is 4.60. The van der Waals surface area contributed by atoms with E-state index in [1.807, 2.05) is 0 Å². The molecular formula is C51H36. The molecule has 0 atom stereocenters. The molecule has 10 rings (SSSR count). The first-order valence-electron chi connectivity index (χ1n) is 17.9. The number of rotatable bonds is 4. The lowest BCUT2D eigenvalue weighted by Gasteiger charge is -2.23. The molecule has 0 amide bonds. The van der Waals surface area contributed by atoms with Gasteiger partial charge >= 0.3 is 0 Å². The van der Waals surface area contributed by atoms with E-state index in [4.69, 9.17) is 0 Å². The molecule has 9 aromatic rings. The van der Waals surface area contributed by atoms with Gasteiger partial charge in [-0.2, -0.15) is 0 Å². The van der Waals surface area contributed by atoms with Crippen LogP contribution < -0.4 is 0 Å². The maximum Gasteiger partial charge on any atom is 0.0159 e. The second-order valence-electron chi connectivity index (χ2n) is 14.5. The van der Waals surface area contributed by atoms with Gasteiger partial charge in [-0.1, -0.05) is 178 Å². The average molecular weight is 649 g/mol. The van der Waals surface area contributed by atoms with Gasteiger partial charge < -0.3 is 0 Å². The van der Waals surface area contributed by atoms with Gasteiger partial charge in [0.05, 0.1) is 0 Å². The zero-order valence-corrected chi connectivity index (χ0v) is 28.8. The number of hydrogen-bond donors (Lipinski definition) is 0. The van der Waals surface area contributed by atoms with Crippen LogP contribution in [0.4, 0.5) is 0 Å². The predicted molar refractivity (Wildman–Crippen MR) is 218 cm³/mol. The molecule has 0 N–H and O–H groups in total. The highest BCUT2D eigenvalue weighted by Gasteiger charge is 2.37. The third-order valence-corrected chi connectivity index (χ3v) is 11.2. The molecule has 0 heteroatoms. The molecule has 0 fully saturated rings. The Morgan fingerprint density at radius 1 is 0.294 bits per heavy atom. The van der Waals surface area contributed by atoms with E-state index in [0.717, 1.165) is 0 Å². The summed E-state index contributed by atoms with van der Waals surface area (Å²) in [6.45, 7) is 4.75. The maximum absolute atomic E-state index is 2.46. The van der Waals surface area contributed by atoms with Crippen molar-refractivity contribution in [2.24, 2.45) is 0 Å². The molecular weight excluding hydrogens is 613 g/mol. The normalized spacial score (nSPS) is 13.1. The molecule has 0 unspecified atom stereocenters. The van der Waals surface area contributed by atoms with Gasteiger partial charge in [0, 0.05) is 5.41 Å². The Morgan fingerprint density at radius 2 is 0.863 bits per heavy atom. The van der Waals surface area contributed by atoms with Crippen LogP contribution >= 0.6 is 0 Å². The van der Waals surface area contributed by atoms with Crippen molar-refractivity contribution < 1.29 is 0 Å². The molecule has 9 aromatic carbocycles. The number of hydrogen-bond acceptors (Lipinski definition) is 0. The van der Waals surface area contributed by atoms with Gasteiger partial charge in [0.2, 0.25) is 0 Å². The predicted octanol–water partition coefficient (Wildman–Crippen LogP) is 14.1. The van der Waals surface area contributed by atoms with Crippen molar-refractivity contribution in [1.29, 1.82) is 0 Å². The van der Waals surface area contributed by atoms with E-state index in [2.05, 4.69) is 196 Å². The van der Waals surface area contributed by atoms with Gasteiger partial charge in [-0.05, 0) is 117 Å². The van der Waals surface area contributed by atoms with Crippen LogP contribution in [0.2, 0.25) is 0 Å². The topological polar surface area (TPSA) is 0 Å². The summed E-state index contributed by atoms with van der Waals surface area (Å²) in [4.78, 5) is 0. The summed E-state index contributed by atoms with van der Waals surface area (Å²) in [7, 11) is 0. The molecule has 0 heterocycles. The lowest BCUT2D eigenvalue weighted by atomic mass is 9.80. The van der Waals surface area contributed by atoms with Crippen LogP contribution in [0.5, 0.6) is 0 Å². The van der Waals surface area contributed by atoms with Gasteiger partial charge in [-0.3, -0.25) is 0 Å². The average Bonchev–Trinajstić information content (AvgIpc) is 3.43. The second kappa shape index (κ2) is 11.4. The first-order valence-corrected chi connectivity index (χ1v) is 17.9. The molecule has 0 nitrogen and oxygen atoms in total. The van der Waals surface area contributed by atoms with E-state index in [9.17, 15) is 0 Å². The van der Waals surface area contributed by atoms with Crippen molar-refractivity contribution in [3.63, 3.8) is 0 Å². The van der Waals surface area contributed by atoms with Crippen molar-refractivity contribution in [3.05, 3.63) is 193 Å². The zero-order valence-electron chi connectivity index (χ0n) is 28.8. The Hall–Kier alpha value is -6.24. The largest absolute Gasteiger partial charge is 0.0622 e. The van der Waals surface area contributed by atoms with Crippen molar-refractivity contribution in [1.82, 2.24) is 0 Å². The molecule has 0 saturated heterocycles. The second-order valence-corrected chi connectivity index (χ2v) is 14.5. The lowest BCUT2D eigenvalue weighted by molar-refractivity contribution is 0.660. The highest BCUT2D eigenvalue weighted by atomic mass is 14.4. The summed E-state index contributed by atoms with van der Waals surface area (Å²) in [6, 6.07) is 67.5. The van der Waals surface area contributed by atoms with E-state index in [1.54, 1.807) is 0 Å². The highest BCUT2D eigenvalue weighted by Crippen LogP contribution is 2.54. The van der Waals surface area contributed by atoms with Crippen molar-refractivity contribution in [2.45, 2.75) is 19.3 Å². The van der Waals surface area contributed by atoms with Gasteiger partial charge in [-0.25, -0.2) is 0 Å². The zero-order chi connectivity index (χ0) is 34.1. The van der Waals surface area contributed by atoms with Crippen LogP contribution in [-0.4, -0.2) is 0 Å². The van der Waals surface area contributed by atoms with Crippen LogP contribution in [0.25, 0.3) is 88.0 Å². The van der Waals surface area contributed by atoms with Crippen LogP contribution in [0.1, 0.15) is 25.0 Å². The molecule has 240 valence electrons. The minimum Gasteiger partial charge on any atom is -0.0622 e. The Balaban J connectivity index is 1.32. The minimum absolute atomic E-state index is 0.0817. The Labute approximate surface area is 299 Å². The molecule has 0 bridgehead atoms. The van der Waals surface area contributed by atoms with Gasteiger partial charge in [-0.15, -0.1) is 0 Å². The molecule has 1 aliphatic carbocycles. The molecule has 0 aliphatic heterocycles. The Morgan fingerprint density at radius 3 is 1.73 bits per heavy atom. The van der Waals surface area contributed by atoms with E-state index < -0.39 is 0 Å². The van der Waals surface area contributed by atoms with E-state index in [1.165, 1.54) is 99.1 Å². The summed E-state index contributed by atoms with van der Waals surface area (Å²) in [6.07, 6.45) is 0. The van der Waals surface area contributed by atoms with Gasteiger partial charge in [0.15, 0.2) is 0 Å². The third-order valence-electron chi connectivity index (χ3n) is 11.2. The first kappa shape index (κ1) is 29.7. The summed E-state index contributed by atoms with van der Waals surface area (Å²) in [5, 5.41) is 7.60. The van der Waals surface area contributed by atoms with Crippen molar-refractivity contribution in [2.75, 3.05) is 0 Å². The van der Waals surface area contributed by atoms with Gasteiger partial charge in [0.25, 0.3) is 0 Å². The van der Waals surface area contributed by atoms with Crippen molar-refractivity contribution >= 4 is 32.3 Å². The monoisotopic (exact) mass is 648 g/mol. The number of benzene rings is 9. The highest BCUT2D eigenvalue weighted by molar-refractivity contribution is 6.23. The fourth-order valence-electron chi connectivity index (χ4n) is 8.78. The van der Waals surface area contributed by atoms with Gasteiger partial charge in [0.1, 0.15) is 0 Å². The lowest BCUT2D eigenvalue weighted by Crippen LogP contribution is -2.14. The molecule has 0 saturated carbocycles. The molecule has 51 heavy (non-hydrogen) atoms. The summed E-state index contributed by atoms with van der Waals surface area (Å²) >= 11 is 0. The maximum atomic E-state index is 2.46.